The quantitative estimate of drug-likeness (QED) is 0.0700. The number of aryl methyl sites for hydroxylation is 4. The normalized spacial score (nSPS) is 13.8. The molecule has 4 aliphatic heterocycles. The maximum absolute atomic E-state index is 11.8. The van der Waals surface area contributed by atoms with Gasteiger partial charge in [0.2, 0.25) is 0 Å². The van der Waals surface area contributed by atoms with Crippen molar-refractivity contribution in [2.24, 2.45) is 22.9 Å². The first-order valence-electron chi connectivity index (χ1n) is 33.0. The van der Waals surface area contributed by atoms with Gasteiger partial charge in [-0.1, -0.05) is 167 Å². The SMILES string of the molecule is Cc1ccc(-c2cc3c(CC4=CSC=CC4)nnc(C(N)=O)c3s2)cc1.Cc1ccc(-c2cc3c(CC4=CSC=CC4)nnc(C(N)=O)c3s2)cc1.Cc1ccc(-c2cc3c(CC4=CSCC=C4)nnc(C(N)=O)c3s2)cc1.Cc1ccc(-c2cc3c(CC4=CSCC=C4)nnc(C(N)=O)c3s2)cc1. The second-order valence-corrected chi connectivity index (χ2v) is 32.4. The Morgan fingerprint density at radius 2 is 0.615 bits per heavy atom. The standard InChI is InChI=1S/4C20H17N3OS2/c4*1-12-4-6-14(7-5-12)17-10-15-16(9-13-3-2-8-25-11-13)22-23-18(20(21)24)19(15)26-17/h2*2,4-8,10-11H,3,9H2,1H3,(H2,21,24);2*2-7,10-11H,8-9H2,1H3,(H2,21,24). The number of rotatable bonds is 16. The number of primary amides is 4. The first kappa shape index (κ1) is 72.6. The molecule has 0 atom stereocenters. The van der Waals surface area contributed by atoms with Gasteiger partial charge in [-0.15, -0.1) is 113 Å². The third-order valence-electron chi connectivity index (χ3n) is 17.0. The number of aromatic nitrogens is 8. The summed E-state index contributed by atoms with van der Waals surface area (Å²) in [6, 6.07) is 41.8. The fourth-order valence-corrected chi connectivity index (χ4v) is 19.0. The third-order valence-corrected chi connectivity index (χ3v) is 25.1. The average molecular weight is 1520 g/mol. The lowest BCUT2D eigenvalue weighted by molar-refractivity contribution is 0.0988. The molecule has 0 bridgehead atoms. The van der Waals surface area contributed by atoms with Crippen LogP contribution in [0.5, 0.6) is 0 Å². The van der Waals surface area contributed by atoms with Crippen molar-refractivity contribution in [3.05, 3.63) is 280 Å². The number of thioether (sulfide) groups is 4. The molecule has 0 saturated carbocycles. The van der Waals surface area contributed by atoms with Crippen LogP contribution in [0.3, 0.4) is 0 Å². The van der Waals surface area contributed by atoms with Crippen molar-refractivity contribution in [2.75, 3.05) is 11.5 Å². The van der Waals surface area contributed by atoms with E-state index >= 15 is 0 Å². The molecule has 16 nitrogen and oxygen atoms in total. The average Bonchev–Trinajstić information content (AvgIpc) is 1.67. The molecule has 8 aromatic heterocycles. The molecule has 0 saturated heterocycles. The van der Waals surface area contributed by atoms with E-state index in [1.807, 2.05) is 0 Å². The van der Waals surface area contributed by atoms with E-state index in [-0.39, 0.29) is 22.8 Å². The van der Waals surface area contributed by atoms with E-state index in [4.69, 9.17) is 22.9 Å². The fraction of sp³-hybridized carbons (Fsp3) is 0.150. The molecule has 0 spiro atoms. The summed E-state index contributed by atoms with van der Waals surface area (Å²) in [5.74, 6) is -0.163. The maximum atomic E-state index is 11.8. The number of allylic oxidation sites excluding steroid dienone is 8. The zero-order valence-electron chi connectivity index (χ0n) is 56.9. The van der Waals surface area contributed by atoms with Crippen molar-refractivity contribution >= 4 is 156 Å². The maximum Gasteiger partial charge on any atom is 0.270 e. The highest BCUT2D eigenvalue weighted by Gasteiger charge is 2.24. The molecule has 4 amide bonds. The summed E-state index contributed by atoms with van der Waals surface area (Å²) in [5, 5.41) is 50.4. The molecule has 16 rings (SSSR count). The van der Waals surface area contributed by atoms with Crippen molar-refractivity contribution in [3.63, 3.8) is 0 Å². The molecule has 4 aromatic carbocycles. The summed E-state index contributed by atoms with van der Waals surface area (Å²) in [6.45, 7) is 8.26. The van der Waals surface area contributed by atoms with Gasteiger partial charge in [-0.05, 0) is 131 Å². The summed E-state index contributed by atoms with van der Waals surface area (Å²) in [7, 11) is 0. The highest BCUT2D eigenvalue weighted by Crippen LogP contribution is 2.42. The van der Waals surface area contributed by atoms with Gasteiger partial charge >= 0.3 is 0 Å². The summed E-state index contributed by atoms with van der Waals surface area (Å²) in [4.78, 5) is 51.6. The van der Waals surface area contributed by atoms with E-state index in [1.54, 1.807) is 92.4 Å². The molecule has 0 radical (unpaired) electrons. The van der Waals surface area contributed by atoms with Gasteiger partial charge in [-0.2, -0.15) is 20.4 Å². The van der Waals surface area contributed by atoms with Crippen LogP contribution in [0.25, 0.3) is 82.1 Å². The van der Waals surface area contributed by atoms with Gasteiger partial charge in [0.25, 0.3) is 23.6 Å². The van der Waals surface area contributed by atoms with Crippen LogP contribution in [0.1, 0.15) is 99.8 Å². The first-order chi connectivity index (χ1) is 50.5. The predicted molar refractivity (Wildman–Crippen MR) is 437 cm³/mol. The molecular weight excluding hydrogens is 1450 g/mol. The van der Waals surface area contributed by atoms with E-state index in [2.05, 4.69) is 259 Å². The Morgan fingerprint density at radius 1 is 0.346 bits per heavy atom. The van der Waals surface area contributed by atoms with E-state index in [9.17, 15) is 19.2 Å². The summed E-state index contributed by atoms with van der Waals surface area (Å²) in [6.07, 6.45) is 17.5. The Bertz CT molecular complexity index is 5220. The Kier molecular flexibility index (Phi) is 23.3. The smallest absolute Gasteiger partial charge is 0.270 e. The van der Waals surface area contributed by atoms with Crippen molar-refractivity contribution in [1.29, 1.82) is 0 Å². The lowest BCUT2D eigenvalue weighted by Gasteiger charge is -2.08. The summed E-state index contributed by atoms with van der Waals surface area (Å²) < 4.78 is 3.26. The molecule has 0 fully saturated rings. The highest BCUT2D eigenvalue weighted by atomic mass is 32.2. The number of benzene rings is 4. The molecule has 104 heavy (non-hydrogen) atoms. The number of fused-ring (bicyclic) bond motifs is 4. The van der Waals surface area contributed by atoms with Gasteiger partial charge in [-0.3, -0.25) is 19.2 Å². The first-order valence-corrected chi connectivity index (χ1v) is 40.3. The molecular formula is C80H68N12O4S8. The van der Waals surface area contributed by atoms with Crippen molar-refractivity contribution in [2.45, 2.75) is 66.2 Å². The molecule has 4 aliphatic rings. The number of carbonyl (C=O) groups excluding carboxylic acids is 4. The summed E-state index contributed by atoms with van der Waals surface area (Å²) in [5.41, 5.74) is 40.9. The predicted octanol–water partition coefficient (Wildman–Crippen LogP) is 18.7. The van der Waals surface area contributed by atoms with Crippen LogP contribution in [0, 0.1) is 27.7 Å². The van der Waals surface area contributed by atoms with E-state index in [0.717, 1.165) is 142 Å². The van der Waals surface area contributed by atoms with Crippen LogP contribution < -0.4 is 22.9 Å². The molecule has 8 N–H and O–H groups in total. The molecule has 520 valence electrons. The van der Waals surface area contributed by atoms with E-state index in [0.29, 0.717) is 12.8 Å². The molecule has 0 unspecified atom stereocenters. The summed E-state index contributed by atoms with van der Waals surface area (Å²) >= 11 is 13.1. The lowest BCUT2D eigenvalue weighted by atomic mass is 10.0. The van der Waals surface area contributed by atoms with E-state index in [1.165, 1.54) is 44.5 Å². The number of hydrogen-bond donors (Lipinski definition) is 4. The number of thiophene rings is 4. The van der Waals surface area contributed by atoms with Gasteiger partial charge < -0.3 is 22.9 Å². The largest absolute Gasteiger partial charge is 0.364 e. The Balaban J connectivity index is 0.000000123. The van der Waals surface area contributed by atoms with Crippen LogP contribution in [0.2, 0.25) is 0 Å². The zero-order valence-corrected chi connectivity index (χ0v) is 63.5. The number of hydrogen-bond acceptors (Lipinski definition) is 20. The number of carbonyl (C=O) groups is 4. The van der Waals surface area contributed by atoms with Crippen LogP contribution in [-0.4, -0.2) is 75.9 Å². The topological polar surface area (TPSA) is 275 Å². The Labute approximate surface area is 633 Å². The van der Waals surface area contributed by atoms with Gasteiger partial charge in [0.05, 0.1) is 41.6 Å². The zero-order chi connectivity index (χ0) is 72.4. The second-order valence-electron chi connectivity index (χ2n) is 24.9. The minimum Gasteiger partial charge on any atom is -0.364 e. The van der Waals surface area contributed by atoms with Crippen LogP contribution >= 0.6 is 92.4 Å². The van der Waals surface area contributed by atoms with Crippen molar-refractivity contribution in [3.8, 4) is 41.8 Å². The van der Waals surface area contributed by atoms with Crippen LogP contribution in [0.4, 0.5) is 0 Å². The van der Waals surface area contributed by atoms with Gasteiger partial charge in [0.1, 0.15) is 0 Å². The van der Waals surface area contributed by atoms with Gasteiger partial charge in [0, 0.05) is 78.2 Å². The Hall–Kier alpha value is -9.76. The van der Waals surface area contributed by atoms with Crippen LogP contribution in [0.15, 0.2) is 213 Å². The number of nitrogens with zero attached hydrogens (tertiary/aromatic N) is 8. The van der Waals surface area contributed by atoms with Gasteiger partial charge in [-0.25, -0.2) is 0 Å². The highest BCUT2D eigenvalue weighted by molar-refractivity contribution is 8.05. The number of amides is 4. The minimum absolute atomic E-state index is 0.245. The fourth-order valence-electron chi connectivity index (χ4n) is 11.6. The van der Waals surface area contributed by atoms with E-state index < -0.39 is 23.6 Å². The lowest BCUT2D eigenvalue weighted by Crippen LogP contribution is -2.14. The van der Waals surface area contributed by atoms with Gasteiger partial charge in [0.15, 0.2) is 22.8 Å². The third kappa shape index (κ3) is 17.4. The molecule has 12 heterocycles. The monoisotopic (exact) mass is 1520 g/mol. The van der Waals surface area contributed by atoms with Crippen molar-refractivity contribution in [1.82, 2.24) is 40.8 Å². The van der Waals surface area contributed by atoms with Crippen LogP contribution in [-0.2, 0) is 25.7 Å². The Morgan fingerprint density at radius 3 is 0.846 bits per heavy atom. The molecule has 12 aromatic rings. The molecule has 0 aliphatic carbocycles. The minimum atomic E-state index is -0.543. The molecule has 24 heteroatoms. The second kappa shape index (κ2) is 33.3. The van der Waals surface area contributed by atoms with Crippen molar-refractivity contribution < 1.29 is 19.2 Å². The number of nitrogens with two attached hydrogens (primary N) is 4.